The van der Waals surface area contributed by atoms with Crippen LogP contribution in [0.1, 0.15) is 33.3 Å². The van der Waals surface area contributed by atoms with Crippen LogP contribution in [0.4, 0.5) is 0 Å². The van der Waals surface area contributed by atoms with E-state index in [-0.39, 0.29) is 11.4 Å². The van der Waals surface area contributed by atoms with Crippen molar-refractivity contribution in [1.29, 1.82) is 0 Å². The van der Waals surface area contributed by atoms with Crippen molar-refractivity contribution < 1.29 is 9.53 Å². The lowest BCUT2D eigenvalue weighted by atomic mass is 10.1. The summed E-state index contributed by atoms with van der Waals surface area (Å²) >= 11 is 0. The van der Waals surface area contributed by atoms with Crippen LogP contribution in [0, 0.1) is 0 Å². The summed E-state index contributed by atoms with van der Waals surface area (Å²) in [4.78, 5) is 11.7. The molecule has 0 atom stereocenters. The van der Waals surface area contributed by atoms with Crippen molar-refractivity contribution in [3.8, 4) is 5.75 Å². The molecule has 1 aromatic carbocycles. The van der Waals surface area contributed by atoms with E-state index in [9.17, 15) is 4.79 Å². The Morgan fingerprint density at radius 3 is 2.61 bits per heavy atom. The van der Waals surface area contributed by atoms with Gasteiger partial charge in [0.1, 0.15) is 5.75 Å². The second kappa shape index (κ2) is 6.24. The summed E-state index contributed by atoms with van der Waals surface area (Å²) in [5, 5.41) is 2.87. The molecule has 0 radical (unpaired) electrons. The number of para-hydroxylation sites is 1. The fraction of sp³-hybridized carbons (Fsp3) is 0.400. The average Bonchev–Trinajstić information content (AvgIpc) is 2.26. The zero-order chi connectivity index (χ0) is 13.6. The Morgan fingerprint density at radius 2 is 2.00 bits per heavy atom. The monoisotopic (exact) mass is 247 g/mol. The van der Waals surface area contributed by atoms with Crippen LogP contribution in [-0.2, 0) is 4.79 Å². The molecule has 0 saturated heterocycles. The first-order valence-electron chi connectivity index (χ1n) is 6.14. The lowest BCUT2D eigenvalue weighted by Gasteiger charge is -2.19. The molecule has 0 fully saturated rings. The molecule has 0 saturated carbocycles. The molecule has 0 heterocycles. The minimum atomic E-state index is -0.221. The maximum absolute atomic E-state index is 11.7. The van der Waals surface area contributed by atoms with Gasteiger partial charge in [-0.25, -0.2) is 0 Å². The van der Waals surface area contributed by atoms with E-state index < -0.39 is 0 Å². The van der Waals surface area contributed by atoms with Crippen LogP contribution >= 0.6 is 0 Å². The molecule has 0 unspecified atom stereocenters. The molecule has 1 amide bonds. The third-order valence-electron chi connectivity index (χ3n) is 2.13. The molecule has 18 heavy (non-hydrogen) atoms. The van der Waals surface area contributed by atoms with E-state index in [4.69, 9.17) is 4.74 Å². The van der Waals surface area contributed by atoms with Crippen LogP contribution in [0.3, 0.4) is 0 Å². The summed E-state index contributed by atoms with van der Waals surface area (Å²) in [5.41, 5.74) is 0.685. The number of amides is 1. The van der Waals surface area contributed by atoms with Gasteiger partial charge in [0.05, 0.1) is 6.61 Å². The van der Waals surface area contributed by atoms with Gasteiger partial charge in [-0.2, -0.15) is 0 Å². The summed E-state index contributed by atoms with van der Waals surface area (Å²) in [6.07, 6.45) is 3.30. The van der Waals surface area contributed by atoms with Gasteiger partial charge in [0.2, 0.25) is 5.91 Å². The minimum absolute atomic E-state index is 0.103. The van der Waals surface area contributed by atoms with Gasteiger partial charge < -0.3 is 10.1 Å². The van der Waals surface area contributed by atoms with Crippen molar-refractivity contribution in [1.82, 2.24) is 5.32 Å². The van der Waals surface area contributed by atoms with Gasteiger partial charge in [-0.05, 0) is 39.8 Å². The Bertz CT molecular complexity index is 430. The molecule has 0 aliphatic heterocycles. The van der Waals surface area contributed by atoms with E-state index in [2.05, 4.69) is 5.32 Å². The van der Waals surface area contributed by atoms with Gasteiger partial charge in [-0.1, -0.05) is 18.2 Å². The van der Waals surface area contributed by atoms with E-state index in [1.807, 2.05) is 52.0 Å². The molecule has 3 nitrogen and oxygen atoms in total. The summed E-state index contributed by atoms with van der Waals surface area (Å²) in [5.74, 6) is 0.689. The van der Waals surface area contributed by atoms with Crippen molar-refractivity contribution in [2.45, 2.75) is 33.2 Å². The molecule has 1 aromatic rings. The minimum Gasteiger partial charge on any atom is -0.493 e. The number of rotatable bonds is 4. The highest BCUT2D eigenvalue weighted by Crippen LogP contribution is 2.19. The molecule has 3 heteroatoms. The Labute approximate surface area is 109 Å². The molecule has 0 bridgehead atoms. The van der Waals surface area contributed by atoms with Gasteiger partial charge in [-0.15, -0.1) is 0 Å². The topological polar surface area (TPSA) is 38.3 Å². The Hall–Kier alpha value is -1.77. The number of benzene rings is 1. The van der Waals surface area contributed by atoms with Crippen LogP contribution in [-0.4, -0.2) is 18.1 Å². The molecule has 0 aliphatic rings. The van der Waals surface area contributed by atoms with E-state index in [0.717, 1.165) is 11.3 Å². The van der Waals surface area contributed by atoms with Crippen molar-refractivity contribution in [3.63, 3.8) is 0 Å². The summed E-state index contributed by atoms with van der Waals surface area (Å²) in [7, 11) is 0. The zero-order valence-corrected chi connectivity index (χ0v) is 11.5. The first-order chi connectivity index (χ1) is 8.42. The molecule has 1 rings (SSSR count). The standard InChI is InChI=1S/C15H21NO2/c1-5-18-13-9-7-6-8-12(13)10-11-14(17)16-15(2,3)4/h6-11H,5H2,1-4H3,(H,16,17). The smallest absolute Gasteiger partial charge is 0.244 e. The highest BCUT2D eigenvalue weighted by molar-refractivity contribution is 5.92. The van der Waals surface area contributed by atoms with Crippen LogP contribution in [0.2, 0.25) is 0 Å². The third kappa shape index (κ3) is 5.04. The molecule has 1 N–H and O–H groups in total. The third-order valence-corrected chi connectivity index (χ3v) is 2.13. The number of ether oxygens (including phenoxy) is 1. The quantitative estimate of drug-likeness (QED) is 0.831. The first kappa shape index (κ1) is 14.3. The first-order valence-corrected chi connectivity index (χ1v) is 6.14. The lowest BCUT2D eigenvalue weighted by Crippen LogP contribution is -2.39. The summed E-state index contributed by atoms with van der Waals surface area (Å²) < 4.78 is 5.49. The van der Waals surface area contributed by atoms with Gasteiger partial charge in [0.15, 0.2) is 0 Å². The van der Waals surface area contributed by atoms with Crippen molar-refractivity contribution in [2.24, 2.45) is 0 Å². The van der Waals surface area contributed by atoms with Crippen LogP contribution in [0.25, 0.3) is 6.08 Å². The number of nitrogens with one attached hydrogen (secondary N) is 1. The highest BCUT2D eigenvalue weighted by atomic mass is 16.5. The number of hydrogen-bond acceptors (Lipinski definition) is 2. The van der Waals surface area contributed by atoms with Crippen LogP contribution < -0.4 is 10.1 Å². The van der Waals surface area contributed by atoms with Gasteiger partial charge in [-0.3, -0.25) is 4.79 Å². The number of hydrogen-bond donors (Lipinski definition) is 1. The Balaban J connectivity index is 2.75. The maximum atomic E-state index is 11.7. The summed E-state index contributed by atoms with van der Waals surface area (Å²) in [6.45, 7) is 8.40. The van der Waals surface area contributed by atoms with Gasteiger partial charge in [0, 0.05) is 17.2 Å². The predicted octanol–water partition coefficient (Wildman–Crippen LogP) is 3.01. The predicted molar refractivity (Wildman–Crippen MR) is 74.5 cm³/mol. The SMILES string of the molecule is CCOc1ccccc1C=CC(=O)NC(C)(C)C. The molecule has 0 aliphatic carbocycles. The Kier molecular flexibility index (Phi) is 4.95. The second-order valence-corrected chi connectivity index (χ2v) is 5.04. The van der Waals surface area contributed by atoms with Crippen molar-refractivity contribution in [2.75, 3.05) is 6.61 Å². The molecular formula is C15H21NO2. The molecule has 98 valence electrons. The van der Waals surface area contributed by atoms with Gasteiger partial charge >= 0.3 is 0 Å². The van der Waals surface area contributed by atoms with E-state index in [0.29, 0.717) is 6.61 Å². The van der Waals surface area contributed by atoms with Crippen LogP contribution in [0.15, 0.2) is 30.3 Å². The number of carbonyl (C=O) groups excluding carboxylic acids is 1. The number of carbonyl (C=O) groups is 1. The molecule has 0 aromatic heterocycles. The normalized spacial score (nSPS) is 11.6. The second-order valence-electron chi connectivity index (χ2n) is 5.04. The highest BCUT2D eigenvalue weighted by Gasteiger charge is 2.11. The Morgan fingerprint density at radius 1 is 1.33 bits per heavy atom. The fourth-order valence-corrected chi connectivity index (χ4v) is 1.48. The van der Waals surface area contributed by atoms with Crippen molar-refractivity contribution >= 4 is 12.0 Å². The van der Waals surface area contributed by atoms with E-state index in [1.165, 1.54) is 6.08 Å². The summed E-state index contributed by atoms with van der Waals surface area (Å²) in [6, 6.07) is 7.65. The fourth-order valence-electron chi connectivity index (χ4n) is 1.48. The zero-order valence-electron chi connectivity index (χ0n) is 11.5. The van der Waals surface area contributed by atoms with Crippen molar-refractivity contribution in [3.05, 3.63) is 35.9 Å². The van der Waals surface area contributed by atoms with E-state index in [1.54, 1.807) is 6.08 Å². The molecule has 0 spiro atoms. The lowest BCUT2D eigenvalue weighted by molar-refractivity contribution is -0.117. The largest absolute Gasteiger partial charge is 0.493 e. The van der Waals surface area contributed by atoms with Gasteiger partial charge in [0.25, 0.3) is 0 Å². The molecular weight excluding hydrogens is 226 g/mol. The van der Waals surface area contributed by atoms with E-state index >= 15 is 0 Å². The average molecular weight is 247 g/mol. The van der Waals surface area contributed by atoms with Crippen LogP contribution in [0.5, 0.6) is 5.75 Å². The maximum Gasteiger partial charge on any atom is 0.244 e.